The van der Waals surface area contributed by atoms with Gasteiger partial charge in [0.1, 0.15) is 6.04 Å². The molecule has 0 radical (unpaired) electrons. The number of alkyl halides is 3. The Morgan fingerprint density at radius 1 is 1.40 bits per heavy atom. The largest absolute Gasteiger partial charge is 0.480 e. The van der Waals surface area contributed by atoms with Crippen LogP contribution in [0.1, 0.15) is 12.5 Å². The molecule has 0 amide bonds. The summed E-state index contributed by atoms with van der Waals surface area (Å²) >= 11 is 2.68. The average molecular weight is 376 g/mol. The summed E-state index contributed by atoms with van der Waals surface area (Å²) in [6, 6.07) is 0.845. The molecule has 2 N–H and O–H groups in total. The smallest absolute Gasteiger partial charge is 0.417 e. The first-order chi connectivity index (χ1) is 8.95. The molecule has 0 aliphatic rings. The maximum absolute atomic E-state index is 12.7. The lowest BCUT2D eigenvalue weighted by Gasteiger charge is -2.13. The number of sulfonamides is 1. The fourth-order valence-electron chi connectivity index (χ4n) is 1.24. The van der Waals surface area contributed by atoms with E-state index in [4.69, 9.17) is 5.11 Å². The maximum Gasteiger partial charge on any atom is 0.417 e. The Kier molecular flexibility index (Phi) is 4.82. The van der Waals surface area contributed by atoms with Gasteiger partial charge in [0.05, 0.1) is 10.5 Å². The van der Waals surface area contributed by atoms with Gasteiger partial charge in [0.2, 0.25) is 10.0 Å². The number of halogens is 4. The Balaban J connectivity index is 3.24. The minimum Gasteiger partial charge on any atom is -0.480 e. The first-order valence-corrected chi connectivity index (χ1v) is 7.34. The second-order valence-corrected chi connectivity index (χ2v) is 6.39. The number of aliphatic carboxylic acids is 1. The molecule has 1 atom stereocenters. The molecule has 0 bridgehead atoms. The topological polar surface area (TPSA) is 83.5 Å². The molecule has 0 aliphatic carbocycles. The van der Waals surface area contributed by atoms with E-state index in [9.17, 15) is 26.4 Å². The molecule has 1 aromatic rings. The summed E-state index contributed by atoms with van der Waals surface area (Å²) in [5, 5.41) is 8.61. The first kappa shape index (κ1) is 16.9. The molecule has 10 heteroatoms. The van der Waals surface area contributed by atoms with Gasteiger partial charge in [-0.1, -0.05) is 15.9 Å². The zero-order valence-corrected chi connectivity index (χ0v) is 12.3. The van der Waals surface area contributed by atoms with Crippen LogP contribution >= 0.6 is 15.9 Å². The third-order valence-corrected chi connectivity index (χ3v) is 4.49. The Bertz CT molecular complexity index is 630. The molecule has 0 saturated carbocycles. The van der Waals surface area contributed by atoms with E-state index in [1.807, 2.05) is 0 Å². The fourth-order valence-corrected chi connectivity index (χ4v) is 2.93. The van der Waals surface area contributed by atoms with Crippen LogP contribution in [0.15, 0.2) is 27.6 Å². The van der Waals surface area contributed by atoms with Gasteiger partial charge in [0, 0.05) is 4.47 Å². The zero-order chi connectivity index (χ0) is 15.7. The van der Waals surface area contributed by atoms with Crippen LogP contribution in [0, 0.1) is 0 Å². The predicted molar refractivity (Wildman–Crippen MR) is 66.6 cm³/mol. The number of nitrogens with one attached hydrogen (secondary N) is 1. The van der Waals surface area contributed by atoms with E-state index in [1.165, 1.54) is 0 Å². The molecule has 0 saturated heterocycles. The molecule has 0 heterocycles. The van der Waals surface area contributed by atoms with Crippen molar-refractivity contribution >= 4 is 31.9 Å². The minimum atomic E-state index is -4.73. The third kappa shape index (κ3) is 3.93. The zero-order valence-electron chi connectivity index (χ0n) is 9.90. The van der Waals surface area contributed by atoms with Gasteiger partial charge >= 0.3 is 12.1 Å². The molecular weight excluding hydrogens is 367 g/mol. The second kappa shape index (κ2) is 5.70. The number of carboxylic acids is 1. The summed E-state index contributed by atoms with van der Waals surface area (Å²) in [4.78, 5) is 9.91. The van der Waals surface area contributed by atoms with E-state index in [0.29, 0.717) is 6.07 Å². The fraction of sp³-hybridized carbons (Fsp3) is 0.300. The van der Waals surface area contributed by atoms with Gasteiger partial charge in [-0.3, -0.25) is 4.79 Å². The molecule has 20 heavy (non-hydrogen) atoms. The van der Waals surface area contributed by atoms with Crippen LogP contribution in [0.5, 0.6) is 0 Å². The summed E-state index contributed by atoms with van der Waals surface area (Å²) in [5.74, 6) is -1.44. The van der Waals surface area contributed by atoms with Gasteiger partial charge < -0.3 is 5.11 Å². The molecule has 112 valence electrons. The van der Waals surface area contributed by atoms with Crippen LogP contribution in [0.25, 0.3) is 0 Å². The van der Waals surface area contributed by atoms with Crippen LogP contribution in [-0.4, -0.2) is 25.5 Å². The summed E-state index contributed by atoms with van der Waals surface area (Å²) in [6.45, 7) is 1.06. The summed E-state index contributed by atoms with van der Waals surface area (Å²) in [6.07, 6.45) is -4.73. The lowest BCUT2D eigenvalue weighted by molar-refractivity contribution is -0.139. The Hall–Kier alpha value is -1.13. The number of benzene rings is 1. The number of rotatable bonds is 4. The SMILES string of the molecule is C[C@@H](NS(=O)(=O)c1ccc(Br)c(C(F)(F)F)c1)C(=O)O. The van der Waals surface area contributed by atoms with E-state index in [1.54, 1.807) is 4.72 Å². The van der Waals surface area contributed by atoms with Crippen LogP contribution in [0.3, 0.4) is 0 Å². The van der Waals surface area contributed by atoms with Crippen molar-refractivity contribution in [2.24, 2.45) is 0 Å². The Labute approximate surface area is 121 Å². The van der Waals surface area contributed by atoms with E-state index >= 15 is 0 Å². The van der Waals surface area contributed by atoms with Crippen molar-refractivity contribution in [3.63, 3.8) is 0 Å². The third-order valence-electron chi connectivity index (χ3n) is 2.26. The van der Waals surface area contributed by atoms with E-state index < -0.39 is 38.7 Å². The number of hydrogen-bond acceptors (Lipinski definition) is 3. The molecule has 0 aromatic heterocycles. The van der Waals surface area contributed by atoms with Crippen molar-refractivity contribution in [2.75, 3.05) is 0 Å². The summed E-state index contributed by atoms with van der Waals surface area (Å²) in [7, 11) is -4.36. The highest BCUT2D eigenvalue weighted by molar-refractivity contribution is 9.10. The molecule has 0 aliphatic heterocycles. The standard InChI is InChI=1S/C10H9BrF3NO4S/c1-5(9(16)17)15-20(18,19)6-2-3-8(11)7(4-6)10(12,13)14/h2-5,15H,1H3,(H,16,17)/t5-/m1/s1. The van der Waals surface area contributed by atoms with Gasteiger partial charge in [-0.25, -0.2) is 8.42 Å². The van der Waals surface area contributed by atoms with Crippen LogP contribution < -0.4 is 4.72 Å². The molecule has 1 rings (SSSR count). The first-order valence-electron chi connectivity index (χ1n) is 5.07. The second-order valence-electron chi connectivity index (χ2n) is 3.82. The van der Waals surface area contributed by atoms with Gasteiger partial charge in [-0.05, 0) is 25.1 Å². The normalized spacial score (nSPS) is 14.1. The lowest BCUT2D eigenvalue weighted by Crippen LogP contribution is -2.38. The molecule has 0 unspecified atom stereocenters. The monoisotopic (exact) mass is 375 g/mol. The van der Waals surface area contributed by atoms with Crippen LogP contribution in [-0.2, 0) is 21.0 Å². The highest BCUT2D eigenvalue weighted by Crippen LogP contribution is 2.36. The average Bonchev–Trinajstić information content (AvgIpc) is 2.26. The number of carbonyl (C=O) groups is 1. The Morgan fingerprint density at radius 3 is 2.40 bits per heavy atom. The van der Waals surface area contributed by atoms with Crippen molar-refractivity contribution in [3.8, 4) is 0 Å². The van der Waals surface area contributed by atoms with Crippen molar-refractivity contribution < 1.29 is 31.5 Å². The number of hydrogen-bond donors (Lipinski definition) is 2. The van der Waals surface area contributed by atoms with Crippen molar-refractivity contribution in [3.05, 3.63) is 28.2 Å². The lowest BCUT2D eigenvalue weighted by atomic mass is 10.2. The van der Waals surface area contributed by atoms with Crippen molar-refractivity contribution in [1.82, 2.24) is 4.72 Å². The highest BCUT2D eigenvalue weighted by atomic mass is 79.9. The number of carboxylic acid groups (broad SMARTS) is 1. The van der Waals surface area contributed by atoms with E-state index in [2.05, 4.69) is 15.9 Å². The van der Waals surface area contributed by atoms with Gasteiger partial charge in [-0.2, -0.15) is 17.9 Å². The van der Waals surface area contributed by atoms with Gasteiger partial charge in [0.25, 0.3) is 0 Å². The highest BCUT2D eigenvalue weighted by Gasteiger charge is 2.34. The molecule has 0 spiro atoms. The summed E-state index contributed by atoms with van der Waals surface area (Å²) in [5.41, 5.74) is -1.16. The maximum atomic E-state index is 12.7. The van der Waals surface area contributed by atoms with E-state index in [0.717, 1.165) is 19.1 Å². The van der Waals surface area contributed by atoms with Crippen LogP contribution in [0.2, 0.25) is 0 Å². The Morgan fingerprint density at radius 2 is 1.95 bits per heavy atom. The molecule has 1 aromatic carbocycles. The quantitative estimate of drug-likeness (QED) is 0.844. The van der Waals surface area contributed by atoms with Crippen molar-refractivity contribution in [1.29, 1.82) is 0 Å². The predicted octanol–water partition coefficient (Wildman–Crippen LogP) is 2.22. The summed E-state index contributed by atoms with van der Waals surface area (Å²) < 4.78 is 63.0. The van der Waals surface area contributed by atoms with Crippen LogP contribution in [0.4, 0.5) is 13.2 Å². The molecule has 5 nitrogen and oxygen atoms in total. The molecular formula is C10H9BrF3NO4S. The molecule has 0 fully saturated rings. The van der Waals surface area contributed by atoms with Gasteiger partial charge in [-0.15, -0.1) is 0 Å². The van der Waals surface area contributed by atoms with Crippen molar-refractivity contribution in [2.45, 2.75) is 24.0 Å². The minimum absolute atomic E-state index is 0.310. The van der Waals surface area contributed by atoms with Gasteiger partial charge in [0.15, 0.2) is 0 Å². The van der Waals surface area contributed by atoms with E-state index in [-0.39, 0.29) is 4.47 Å².